The zero-order valence-corrected chi connectivity index (χ0v) is 16.0. The molecule has 1 saturated carbocycles. The standard InChI is InChI=1S/C19H22N4O3S/c1-26-15-8-6-14(7-9-15)23-11-13(10-16(23)24)17(25)20-19-22-21-18(27-19)12-4-2-3-5-12/h6-9,12-13H,2-5,10-11H2,1H3,(H,20,22,25). The van der Waals surface area contributed by atoms with Gasteiger partial charge < -0.3 is 15.0 Å². The van der Waals surface area contributed by atoms with E-state index in [0.29, 0.717) is 17.6 Å². The number of nitrogens with zero attached hydrogens (tertiary/aromatic N) is 3. The fourth-order valence-corrected chi connectivity index (χ4v) is 4.64. The quantitative estimate of drug-likeness (QED) is 0.853. The Morgan fingerprint density at radius 3 is 2.67 bits per heavy atom. The van der Waals surface area contributed by atoms with Crippen molar-refractivity contribution in [3.63, 3.8) is 0 Å². The van der Waals surface area contributed by atoms with Crippen molar-refractivity contribution in [1.82, 2.24) is 10.2 Å². The lowest BCUT2D eigenvalue weighted by molar-refractivity contribution is -0.122. The van der Waals surface area contributed by atoms with Crippen molar-refractivity contribution in [2.75, 3.05) is 23.9 Å². The Hall–Kier alpha value is -2.48. The van der Waals surface area contributed by atoms with Crippen LogP contribution in [0.3, 0.4) is 0 Å². The third kappa shape index (κ3) is 3.80. The minimum atomic E-state index is -0.390. The van der Waals surface area contributed by atoms with Crippen LogP contribution in [0, 0.1) is 5.92 Å². The number of hydrogen-bond acceptors (Lipinski definition) is 6. The second-order valence-electron chi connectivity index (χ2n) is 7.02. The summed E-state index contributed by atoms with van der Waals surface area (Å²) in [6, 6.07) is 7.27. The first-order chi connectivity index (χ1) is 13.1. The smallest absolute Gasteiger partial charge is 0.231 e. The van der Waals surface area contributed by atoms with Crippen molar-refractivity contribution in [1.29, 1.82) is 0 Å². The zero-order chi connectivity index (χ0) is 18.8. The van der Waals surface area contributed by atoms with E-state index in [2.05, 4.69) is 15.5 Å². The van der Waals surface area contributed by atoms with Crippen molar-refractivity contribution in [2.24, 2.45) is 5.92 Å². The largest absolute Gasteiger partial charge is 0.497 e. The highest BCUT2D eigenvalue weighted by molar-refractivity contribution is 7.15. The summed E-state index contributed by atoms with van der Waals surface area (Å²) in [6.07, 6.45) is 4.97. The molecular weight excluding hydrogens is 364 g/mol. The van der Waals surface area contributed by atoms with Gasteiger partial charge in [-0.15, -0.1) is 10.2 Å². The Morgan fingerprint density at radius 2 is 1.96 bits per heavy atom. The minimum Gasteiger partial charge on any atom is -0.497 e. The molecule has 7 nitrogen and oxygen atoms in total. The summed E-state index contributed by atoms with van der Waals surface area (Å²) < 4.78 is 5.14. The molecule has 1 unspecified atom stereocenters. The molecule has 142 valence electrons. The third-order valence-electron chi connectivity index (χ3n) is 5.26. The summed E-state index contributed by atoms with van der Waals surface area (Å²) in [5.41, 5.74) is 0.774. The van der Waals surface area contributed by atoms with E-state index in [-0.39, 0.29) is 18.2 Å². The number of methoxy groups -OCH3 is 1. The highest BCUT2D eigenvalue weighted by Crippen LogP contribution is 2.36. The molecule has 2 fully saturated rings. The minimum absolute atomic E-state index is 0.0516. The number of nitrogens with one attached hydrogen (secondary N) is 1. The molecule has 4 rings (SSSR count). The second kappa shape index (κ2) is 7.64. The van der Waals surface area contributed by atoms with Gasteiger partial charge in [0.05, 0.1) is 13.0 Å². The summed E-state index contributed by atoms with van der Waals surface area (Å²) in [5.74, 6) is 0.594. The Morgan fingerprint density at radius 1 is 1.22 bits per heavy atom. The molecule has 2 heterocycles. The van der Waals surface area contributed by atoms with Crippen molar-refractivity contribution in [3.8, 4) is 5.75 Å². The van der Waals surface area contributed by atoms with Crippen LogP contribution < -0.4 is 15.0 Å². The lowest BCUT2D eigenvalue weighted by Crippen LogP contribution is -2.28. The molecular formula is C19H22N4O3S. The Kier molecular flexibility index (Phi) is 5.07. The Bertz CT molecular complexity index is 830. The van der Waals surface area contributed by atoms with Crippen molar-refractivity contribution in [2.45, 2.75) is 38.0 Å². The predicted octanol–water partition coefficient (Wildman–Crippen LogP) is 3.20. The molecule has 2 amide bonds. The van der Waals surface area contributed by atoms with Gasteiger partial charge in [0.2, 0.25) is 16.9 Å². The van der Waals surface area contributed by atoms with Crippen LogP contribution in [-0.4, -0.2) is 35.7 Å². The fourth-order valence-electron chi connectivity index (χ4n) is 3.73. The van der Waals surface area contributed by atoms with Gasteiger partial charge in [-0.2, -0.15) is 0 Å². The normalized spacial score (nSPS) is 20.3. The van der Waals surface area contributed by atoms with Crippen molar-refractivity contribution < 1.29 is 14.3 Å². The molecule has 2 aliphatic rings. The maximum Gasteiger partial charge on any atom is 0.231 e. The van der Waals surface area contributed by atoms with E-state index in [1.165, 1.54) is 24.2 Å². The van der Waals surface area contributed by atoms with Crippen molar-refractivity contribution in [3.05, 3.63) is 29.3 Å². The first kappa shape index (κ1) is 17.9. The summed E-state index contributed by atoms with van der Waals surface area (Å²) >= 11 is 1.45. The van der Waals surface area contributed by atoms with E-state index in [1.54, 1.807) is 12.0 Å². The maximum absolute atomic E-state index is 12.6. The molecule has 8 heteroatoms. The molecule has 1 saturated heterocycles. The highest BCUT2D eigenvalue weighted by atomic mass is 32.1. The molecule has 1 aliphatic heterocycles. The highest BCUT2D eigenvalue weighted by Gasteiger charge is 2.35. The van der Waals surface area contributed by atoms with E-state index >= 15 is 0 Å². The lowest BCUT2D eigenvalue weighted by Gasteiger charge is -2.16. The third-order valence-corrected chi connectivity index (χ3v) is 6.26. The molecule has 1 atom stereocenters. The number of anilines is 2. The van der Waals surface area contributed by atoms with E-state index in [4.69, 9.17) is 4.74 Å². The number of ether oxygens (including phenoxy) is 1. The molecule has 2 aromatic rings. The summed E-state index contributed by atoms with van der Waals surface area (Å²) in [6.45, 7) is 0.366. The van der Waals surface area contributed by atoms with Crippen LogP contribution in [0.25, 0.3) is 0 Å². The van der Waals surface area contributed by atoms with E-state index < -0.39 is 5.92 Å². The SMILES string of the molecule is COc1ccc(N2CC(C(=O)Nc3nnc(C4CCCC4)s3)CC2=O)cc1. The second-order valence-corrected chi connectivity index (χ2v) is 8.03. The van der Waals surface area contributed by atoms with Gasteiger partial charge >= 0.3 is 0 Å². The first-order valence-corrected chi connectivity index (χ1v) is 10.0. The van der Waals surface area contributed by atoms with Crippen LogP contribution in [0.5, 0.6) is 5.75 Å². The molecule has 1 N–H and O–H groups in total. The van der Waals surface area contributed by atoms with E-state index in [9.17, 15) is 9.59 Å². The van der Waals surface area contributed by atoms with Gasteiger partial charge in [0, 0.05) is 24.6 Å². The number of amides is 2. The molecule has 0 radical (unpaired) electrons. The summed E-state index contributed by atoms with van der Waals surface area (Å²) in [5, 5.41) is 12.7. The van der Waals surface area contributed by atoms with Crippen LogP contribution in [0.1, 0.15) is 43.0 Å². The monoisotopic (exact) mass is 386 g/mol. The van der Waals surface area contributed by atoms with Gasteiger partial charge in [-0.05, 0) is 37.1 Å². The summed E-state index contributed by atoms with van der Waals surface area (Å²) in [4.78, 5) is 26.6. The molecule has 1 aromatic carbocycles. The number of benzene rings is 1. The Labute approximate surface area is 161 Å². The molecule has 0 spiro atoms. The topological polar surface area (TPSA) is 84.4 Å². The van der Waals surface area contributed by atoms with Crippen LogP contribution >= 0.6 is 11.3 Å². The van der Waals surface area contributed by atoms with Crippen LogP contribution in [0.2, 0.25) is 0 Å². The van der Waals surface area contributed by atoms with Gasteiger partial charge in [0.1, 0.15) is 10.8 Å². The van der Waals surface area contributed by atoms with Gasteiger partial charge in [-0.25, -0.2) is 0 Å². The average Bonchev–Trinajstić information content (AvgIpc) is 3.42. The van der Waals surface area contributed by atoms with Crippen molar-refractivity contribution >= 4 is 34.0 Å². The molecule has 0 bridgehead atoms. The molecule has 27 heavy (non-hydrogen) atoms. The van der Waals surface area contributed by atoms with Crippen LogP contribution in [-0.2, 0) is 9.59 Å². The summed E-state index contributed by atoms with van der Waals surface area (Å²) in [7, 11) is 1.60. The van der Waals surface area contributed by atoms with Gasteiger partial charge in [-0.3, -0.25) is 9.59 Å². The van der Waals surface area contributed by atoms with Crippen LogP contribution in [0.15, 0.2) is 24.3 Å². The molecule has 1 aromatic heterocycles. The lowest BCUT2D eigenvalue weighted by atomic mass is 10.1. The van der Waals surface area contributed by atoms with Crippen LogP contribution in [0.4, 0.5) is 10.8 Å². The molecule has 1 aliphatic carbocycles. The average molecular weight is 386 g/mol. The fraction of sp³-hybridized carbons (Fsp3) is 0.474. The number of aromatic nitrogens is 2. The maximum atomic E-state index is 12.6. The van der Waals surface area contributed by atoms with Gasteiger partial charge in [0.25, 0.3) is 0 Å². The van der Waals surface area contributed by atoms with E-state index in [1.807, 2.05) is 24.3 Å². The van der Waals surface area contributed by atoms with Gasteiger partial charge in [0.15, 0.2) is 0 Å². The first-order valence-electron chi connectivity index (χ1n) is 9.22. The zero-order valence-electron chi connectivity index (χ0n) is 15.2. The Balaban J connectivity index is 1.38. The van der Waals surface area contributed by atoms with E-state index in [0.717, 1.165) is 29.3 Å². The number of rotatable bonds is 5. The number of carbonyl (C=O) groups excluding carboxylic acids is 2. The number of hydrogen-bond donors (Lipinski definition) is 1. The number of carbonyl (C=O) groups is 2. The van der Waals surface area contributed by atoms with Gasteiger partial charge in [-0.1, -0.05) is 24.2 Å². The predicted molar refractivity (Wildman–Crippen MR) is 103 cm³/mol.